The number of anilines is 2. The minimum atomic E-state index is -0.163. The Morgan fingerprint density at radius 3 is 1.77 bits per heavy atom. The third-order valence-electron chi connectivity index (χ3n) is 19.2. The Hall–Kier alpha value is -6.86. The smallest absolute Gasteiger partial charge is 0.333 e. The normalized spacial score (nSPS) is 17.9. The third kappa shape index (κ3) is 5.24. The Bertz CT molecular complexity index is 4760. The number of thiophene rings is 2. The number of furan rings is 1. The van der Waals surface area contributed by atoms with Crippen LogP contribution in [0.25, 0.3) is 112 Å². The maximum absolute atomic E-state index is 7.32. The fourth-order valence-electron chi connectivity index (χ4n) is 15.1. The lowest BCUT2D eigenvalue weighted by Gasteiger charge is -2.43. The third-order valence-corrected chi connectivity index (χ3v) is 21.5. The van der Waals surface area contributed by atoms with Crippen LogP contribution in [0.3, 0.4) is 0 Å². The molecule has 6 heteroatoms. The Labute approximate surface area is 439 Å². The van der Waals surface area contributed by atoms with Crippen LogP contribution < -0.4 is 15.7 Å². The van der Waals surface area contributed by atoms with Crippen molar-refractivity contribution in [3.63, 3.8) is 0 Å². The van der Waals surface area contributed by atoms with Gasteiger partial charge in [0.1, 0.15) is 5.58 Å². The highest BCUT2D eigenvalue weighted by atomic mass is 32.1. The van der Waals surface area contributed by atoms with E-state index in [1.165, 1.54) is 165 Å². The van der Waals surface area contributed by atoms with E-state index in [9.17, 15) is 0 Å². The van der Waals surface area contributed by atoms with Crippen LogP contribution in [0.4, 0.5) is 11.4 Å². The van der Waals surface area contributed by atoms with Gasteiger partial charge >= 0.3 is 6.85 Å². The van der Waals surface area contributed by atoms with Crippen molar-refractivity contribution < 1.29 is 4.42 Å². The van der Waals surface area contributed by atoms with Crippen molar-refractivity contribution in [1.29, 1.82) is 0 Å². The van der Waals surface area contributed by atoms with E-state index in [0.29, 0.717) is 0 Å². The second-order valence-corrected chi connectivity index (χ2v) is 27.4. The molecule has 0 spiro atoms. The van der Waals surface area contributed by atoms with Crippen LogP contribution in [-0.4, -0.2) is 11.4 Å². The molecule has 358 valence electrons. The van der Waals surface area contributed by atoms with Crippen LogP contribution in [-0.2, 0) is 21.7 Å². The molecule has 0 fully saturated rings. The quantitative estimate of drug-likeness (QED) is 0.153. The standard InChI is InChI=1S/C68H55BN2OS2/c1-65(2)25-27-67(5,6)47-34-56-42(32-45(47)65)58-50(20-14-22-54(58)73-56)71-51-23-24-55-60(43-33-46-48(35-57(43)74-55)68(7,8)28-26-66(46,3)4)59(51)44-31-41-38-17-11-12-21-53(38)72-64(41)63-61(44)69(71)49-19-13-18-39-40-29-36-15-9-10-16-37(36)30-52(40)70(63)62(39)49/h9-24,29-35H,25-28H2,1-8H3. The summed E-state index contributed by atoms with van der Waals surface area (Å²) in [6.45, 7) is 19.6. The van der Waals surface area contributed by atoms with Crippen LogP contribution in [0.1, 0.15) is 103 Å². The Morgan fingerprint density at radius 2 is 1.07 bits per heavy atom. The van der Waals surface area contributed by atoms with E-state index >= 15 is 0 Å². The first-order valence-electron chi connectivity index (χ1n) is 26.9. The number of nitrogens with zero attached hydrogens (tertiary/aromatic N) is 2. The van der Waals surface area contributed by atoms with Crippen LogP contribution in [0, 0.1) is 0 Å². The molecule has 4 aliphatic rings. The first-order valence-corrected chi connectivity index (χ1v) is 28.6. The second kappa shape index (κ2) is 13.7. The molecule has 4 aromatic heterocycles. The molecule has 9 aromatic carbocycles. The summed E-state index contributed by atoms with van der Waals surface area (Å²) in [6.07, 6.45) is 4.75. The van der Waals surface area contributed by atoms with E-state index in [1.807, 2.05) is 22.7 Å². The lowest BCUT2D eigenvalue weighted by atomic mass is 9.43. The van der Waals surface area contributed by atoms with E-state index < -0.39 is 0 Å². The molecule has 0 saturated heterocycles. The Kier molecular flexibility index (Phi) is 7.87. The first-order chi connectivity index (χ1) is 35.6. The van der Waals surface area contributed by atoms with Crippen molar-refractivity contribution >= 4 is 147 Å². The van der Waals surface area contributed by atoms with Gasteiger partial charge in [-0.2, -0.15) is 0 Å². The molecule has 0 saturated carbocycles. The molecule has 0 radical (unpaired) electrons. The number of benzene rings is 9. The highest BCUT2D eigenvalue weighted by Crippen LogP contribution is 2.57. The van der Waals surface area contributed by atoms with Gasteiger partial charge in [0.15, 0.2) is 5.58 Å². The molecule has 74 heavy (non-hydrogen) atoms. The zero-order valence-electron chi connectivity index (χ0n) is 43.3. The molecule has 17 rings (SSSR count). The van der Waals surface area contributed by atoms with Crippen molar-refractivity contribution in [3.05, 3.63) is 162 Å². The lowest BCUT2D eigenvalue weighted by Crippen LogP contribution is -2.60. The molecule has 0 unspecified atom stereocenters. The summed E-state index contributed by atoms with van der Waals surface area (Å²) in [4.78, 5) is 2.81. The molecule has 0 amide bonds. The van der Waals surface area contributed by atoms with Crippen molar-refractivity contribution in [3.8, 4) is 16.8 Å². The summed E-state index contributed by atoms with van der Waals surface area (Å²) in [5, 5.41) is 12.8. The van der Waals surface area contributed by atoms with E-state index in [1.54, 1.807) is 0 Å². The summed E-state index contributed by atoms with van der Waals surface area (Å²) in [5.74, 6) is 0. The fraction of sp³-hybridized carbons (Fsp3) is 0.235. The largest absolute Gasteiger partial charge is 0.454 e. The predicted molar refractivity (Wildman–Crippen MR) is 321 cm³/mol. The molecule has 6 heterocycles. The first kappa shape index (κ1) is 42.5. The molecule has 2 aliphatic heterocycles. The zero-order valence-corrected chi connectivity index (χ0v) is 44.9. The van der Waals surface area contributed by atoms with Gasteiger partial charge in [0, 0.05) is 78.8 Å². The summed E-state index contributed by atoms with van der Waals surface area (Å²) in [5.41, 5.74) is 19.8. The number of hydrogen-bond acceptors (Lipinski definition) is 4. The summed E-state index contributed by atoms with van der Waals surface area (Å²) in [6, 6.07) is 54.7. The average Bonchev–Trinajstić information content (AvgIpc) is 4.19. The Morgan fingerprint density at radius 1 is 0.473 bits per heavy atom. The monoisotopic (exact) mass is 990 g/mol. The van der Waals surface area contributed by atoms with Gasteiger partial charge in [-0.1, -0.05) is 122 Å². The van der Waals surface area contributed by atoms with E-state index in [-0.39, 0.29) is 28.5 Å². The van der Waals surface area contributed by atoms with Gasteiger partial charge in [-0.3, -0.25) is 0 Å². The van der Waals surface area contributed by atoms with Crippen LogP contribution in [0.15, 0.2) is 144 Å². The van der Waals surface area contributed by atoms with Crippen molar-refractivity contribution in [2.45, 2.75) is 103 Å². The van der Waals surface area contributed by atoms with Crippen molar-refractivity contribution in [2.75, 3.05) is 4.81 Å². The molecule has 0 bridgehead atoms. The molecule has 0 N–H and O–H groups in total. The molecular weight excluding hydrogens is 936 g/mol. The number of rotatable bonds is 1. The maximum atomic E-state index is 7.32. The van der Waals surface area contributed by atoms with Crippen molar-refractivity contribution in [1.82, 2.24) is 4.57 Å². The summed E-state index contributed by atoms with van der Waals surface area (Å²) >= 11 is 3.95. The molecule has 2 aliphatic carbocycles. The predicted octanol–water partition coefficient (Wildman–Crippen LogP) is 18.5. The zero-order chi connectivity index (χ0) is 49.7. The highest BCUT2D eigenvalue weighted by Gasteiger charge is 2.47. The topological polar surface area (TPSA) is 21.3 Å². The second-order valence-electron chi connectivity index (χ2n) is 25.2. The number of hydrogen-bond donors (Lipinski definition) is 0. The summed E-state index contributed by atoms with van der Waals surface area (Å²) < 4.78 is 15.4. The fourth-order valence-corrected chi connectivity index (χ4v) is 17.4. The van der Waals surface area contributed by atoms with Crippen molar-refractivity contribution in [2.24, 2.45) is 0 Å². The average molecular weight is 991 g/mol. The SMILES string of the molecule is CC1(C)CCC(C)(C)c2cc3c(cc21)sc1cccc(N2B4c5c(cc6c(oc7ccccc76)c5-n5c6cc7ccccc7cc6c6cccc4c65)-c4c2ccc2sc5cc6c(cc5c42)C(C)(C)CCC6(C)C)c13. The van der Waals surface area contributed by atoms with E-state index in [2.05, 4.69) is 204 Å². The van der Waals surface area contributed by atoms with Gasteiger partial charge < -0.3 is 13.8 Å². The van der Waals surface area contributed by atoms with E-state index in [0.717, 1.165) is 16.6 Å². The van der Waals surface area contributed by atoms with Gasteiger partial charge in [0.05, 0.1) is 16.7 Å². The lowest BCUT2D eigenvalue weighted by molar-refractivity contribution is 0.332. The minimum absolute atomic E-state index is 0.0699. The van der Waals surface area contributed by atoms with Gasteiger partial charge in [-0.15, -0.1) is 22.7 Å². The molecule has 13 aromatic rings. The number of fused-ring (bicyclic) bond motifs is 21. The van der Waals surface area contributed by atoms with Crippen LogP contribution in [0.2, 0.25) is 0 Å². The molecule has 0 atom stereocenters. The maximum Gasteiger partial charge on any atom is 0.333 e. The molecular formula is C68H55BN2OS2. The van der Waals surface area contributed by atoms with Crippen LogP contribution >= 0.6 is 22.7 Å². The van der Waals surface area contributed by atoms with Gasteiger partial charge in [0.2, 0.25) is 0 Å². The van der Waals surface area contributed by atoms with Gasteiger partial charge in [-0.05, 0) is 170 Å². The van der Waals surface area contributed by atoms with E-state index in [4.69, 9.17) is 4.42 Å². The van der Waals surface area contributed by atoms with Gasteiger partial charge in [-0.25, -0.2) is 0 Å². The number of aromatic nitrogens is 1. The van der Waals surface area contributed by atoms with Crippen LogP contribution in [0.5, 0.6) is 0 Å². The number of para-hydroxylation sites is 2. The Balaban J connectivity index is 1.08. The molecule has 3 nitrogen and oxygen atoms in total. The summed E-state index contributed by atoms with van der Waals surface area (Å²) in [7, 11) is 0. The van der Waals surface area contributed by atoms with Gasteiger partial charge in [0.25, 0.3) is 0 Å². The minimum Gasteiger partial charge on any atom is -0.454 e. The highest BCUT2D eigenvalue weighted by molar-refractivity contribution is 7.26.